The monoisotopic (exact) mass is 323 g/mol. The first-order valence-electron chi connectivity index (χ1n) is 8.68. The Morgan fingerprint density at radius 1 is 1.21 bits per heavy atom. The van der Waals surface area contributed by atoms with E-state index in [-0.39, 0.29) is 5.91 Å². The number of hydrogen-bond acceptors (Lipinski definition) is 3. The molecule has 1 N–H and O–H groups in total. The van der Waals surface area contributed by atoms with Crippen molar-refractivity contribution in [2.75, 3.05) is 18.4 Å². The van der Waals surface area contributed by atoms with Gasteiger partial charge < -0.3 is 10.2 Å². The summed E-state index contributed by atoms with van der Waals surface area (Å²) in [5, 5.41) is 3.50. The summed E-state index contributed by atoms with van der Waals surface area (Å²) in [6.07, 6.45) is 3.88. The van der Waals surface area contributed by atoms with Gasteiger partial charge >= 0.3 is 0 Å². The Morgan fingerprint density at radius 3 is 2.67 bits per heavy atom. The molecule has 1 saturated heterocycles. The van der Waals surface area contributed by atoms with Gasteiger partial charge in [-0.2, -0.15) is 0 Å². The fourth-order valence-electron chi connectivity index (χ4n) is 3.19. The van der Waals surface area contributed by atoms with Crippen LogP contribution in [-0.2, 0) is 0 Å². The van der Waals surface area contributed by atoms with Gasteiger partial charge in [0.2, 0.25) is 0 Å². The number of nitrogens with zero attached hydrogens (tertiary/aromatic N) is 2. The van der Waals surface area contributed by atoms with E-state index in [1.807, 2.05) is 17.0 Å². The third kappa shape index (κ3) is 3.42. The lowest BCUT2D eigenvalue weighted by Crippen LogP contribution is -2.28. The summed E-state index contributed by atoms with van der Waals surface area (Å²) in [6.45, 7) is 8.16. The zero-order valence-corrected chi connectivity index (χ0v) is 14.7. The van der Waals surface area contributed by atoms with E-state index in [0.717, 1.165) is 37.3 Å². The highest BCUT2D eigenvalue weighted by atomic mass is 16.2. The number of carbonyl (C=O) groups is 1. The van der Waals surface area contributed by atoms with Crippen molar-refractivity contribution >= 4 is 17.3 Å². The number of benzene rings is 1. The summed E-state index contributed by atoms with van der Waals surface area (Å²) in [5.74, 6) is 0.463. The van der Waals surface area contributed by atoms with Crippen LogP contribution in [0.4, 0.5) is 11.4 Å². The van der Waals surface area contributed by atoms with E-state index in [4.69, 9.17) is 0 Å². The van der Waals surface area contributed by atoms with Gasteiger partial charge in [-0.3, -0.25) is 9.78 Å². The van der Waals surface area contributed by atoms with Gasteiger partial charge in [0.1, 0.15) is 5.69 Å². The largest absolute Gasteiger partial charge is 0.355 e. The Labute approximate surface area is 143 Å². The van der Waals surface area contributed by atoms with Crippen LogP contribution in [0, 0.1) is 6.92 Å². The number of rotatable bonds is 4. The zero-order chi connectivity index (χ0) is 17.1. The maximum atomic E-state index is 12.5. The molecule has 0 unspecified atom stereocenters. The Hall–Kier alpha value is -2.36. The van der Waals surface area contributed by atoms with E-state index < -0.39 is 0 Å². The normalized spacial score (nSPS) is 14.2. The molecule has 0 spiro atoms. The molecule has 0 radical (unpaired) electrons. The van der Waals surface area contributed by atoms with Crippen LogP contribution in [0.1, 0.15) is 54.2 Å². The van der Waals surface area contributed by atoms with E-state index in [1.165, 1.54) is 11.1 Å². The predicted molar refractivity (Wildman–Crippen MR) is 97.9 cm³/mol. The van der Waals surface area contributed by atoms with Crippen LogP contribution in [0.25, 0.3) is 0 Å². The average molecular weight is 323 g/mol. The molecule has 1 aliphatic rings. The molecule has 4 nitrogen and oxygen atoms in total. The van der Waals surface area contributed by atoms with Crippen molar-refractivity contribution in [2.24, 2.45) is 0 Å². The van der Waals surface area contributed by atoms with Crippen LogP contribution in [0.5, 0.6) is 0 Å². The third-order valence-electron chi connectivity index (χ3n) is 4.57. The highest BCUT2D eigenvalue weighted by molar-refractivity contribution is 5.93. The number of likely N-dealkylation sites (tertiary alicyclic amines) is 1. The van der Waals surface area contributed by atoms with E-state index in [2.05, 4.69) is 49.3 Å². The SMILES string of the molecule is Cc1cccc(C(C)C)c1Nc1ccnc(C(=O)N2CCCC2)c1. The average Bonchev–Trinajstić information content (AvgIpc) is 3.10. The van der Waals surface area contributed by atoms with Crippen molar-refractivity contribution in [3.8, 4) is 0 Å². The summed E-state index contributed by atoms with van der Waals surface area (Å²) < 4.78 is 0. The molecule has 1 aliphatic heterocycles. The fourth-order valence-corrected chi connectivity index (χ4v) is 3.19. The lowest BCUT2D eigenvalue weighted by atomic mass is 9.98. The van der Waals surface area contributed by atoms with Crippen LogP contribution in [0.2, 0.25) is 0 Å². The minimum absolute atomic E-state index is 0.0324. The number of pyridine rings is 1. The molecule has 0 saturated carbocycles. The van der Waals surface area contributed by atoms with Crippen LogP contribution in [0.15, 0.2) is 36.5 Å². The number of anilines is 2. The summed E-state index contributed by atoms with van der Waals surface area (Å²) in [5.41, 5.74) is 5.02. The number of amides is 1. The summed E-state index contributed by atoms with van der Waals surface area (Å²) in [6, 6.07) is 10.1. The smallest absolute Gasteiger partial charge is 0.272 e. The van der Waals surface area contributed by atoms with E-state index in [1.54, 1.807) is 6.20 Å². The van der Waals surface area contributed by atoms with Gasteiger partial charge in [-0.1, -0.05) is 32.0 Å². The van der Waals surface area contributed by atoms with Gasteiger partial charge in [0.15, 0.2) is 0 Å². The second kappa shape index (κ2) is 7.04. The van der Waals surface area contributed by atoms with Crippen LogP contribution >= 0.6 is 0 Å². The topological polar surface area (TPSA) is 45.2 Å². The lowest BCUT2D eigenvalue weighted by Gasteiger charge is -2.18. The maximum absolute atomic E-state index is 12.5. The van der Waals surface area contributed by atoms with Crippen molar-refractivity contribution in [1.82, 2.24) is 9.88 Å². The van der Waals surface area contributed by atoms with Crippen LogP contribution < -0.4 is 5.32 Å². The third-order valence-corrected chi connectivity index (χ3v) is 4.57. The van der Waals surface area contributed by atoms with E-state index in [9.17, 15) is 4.79 Å². The molecule has 1 aromatic heterocycles. The number of carbonyl (C=O) groups excluding carboxylic acids is 1. The van der Waals surface area contributed by atoms with Gasteiger partial charge in [0, 0.05) is 30.7 Å². The molecular formula is C20H25N3O. The Kier molecular flexibility index (Phi) is 4.84. The van der Waals surface area contributed by atoms with Crippen molar-refractivity contribution in [3.05, 3.63) is 53.3 Å². The summed E-state index contributed by atoms with van der Waals surface area (Å²) >= 11 is 0. The quantitative estimate of drug-likeness (QED) is 0.901. The molecule has 126 valence electrons. The van der Waals surface area contributed by atoms with Crippen LogP contribution in [-0.4, -0.2) is 28.9 Å². The van der Waals surface area contributed by atoms with Gasteiger partial charge in [-0.15, -0.1) is 0 Å². The fraction of sp³-hybridized carbons (Fsp3) is 0.400. The van der Waals surface area contributed by atoms with Gasteiger partial charge in [0.05, 0.1) is 0 Å². The van der Waals surface area contributed by atoms with Crippen LogP contribution in [0.3, 0.4) is 0 Å². The molecule has 0 aliphatic carbocycles. The highest BCUT2D eigenvalue weighted by Crippen LogP contribution is 2.30. The molecule has 4 heteroatoms. The molecule has 0 bridgehead atoms. The van der Waals surface area contributed by atoms with Gasteiger partial charge in [0.25, 0.3) is 5.91 Å². The first kappa shape index (κ1) is 16.5. The molecule has 1 amide bonds. The number of aryl methyl sites for hydroxylation is 1. The Morgan fingerprint density at radius 2 is 1.96 bits per heavy atom. The Bertz CT molecular complexity index is 733. The van der Waals surface area contributed by atoms with E-state index >= 15 is 0 Å². The standard InChI is InChI=1S/C20H25N3O/c1-14(2)17-8-6-7-15(3)19(17)22-16-9-10-21-18(13-16)20(24)23-11-4-5-12-23/h6-10,13-14H,4-5,11-12H2,1-3H3,(H,21,22). The number of aromatic nitrogens is 1. The maximum Gasteiger partial charge on any atom is 0.272 e. The minimum Gasteiger partial charge on any atom is -0.355 e. The molecule has 1 fully saturated rings. The second-order valence-corrected chi connectivity index (χ2v) is 6.75. The minimum atomic E-state index is 0.0324. The first-order valence-corrected chi connectivity index (χ1v) is 8.68. The van der Waals surface area contributed by atoms with Crippen molar-refractivity contribution in [2.45, 2.75) is 39.5 Å². The molecular weight excluding hydrogens is 298 g/mol. The first-order chi connectivity index (χ1) is 11.6. The molecule has 2 heterocycles. The molecule has 2 aromatic rings. The van der Waals surface area contributed by atoms with Gasteiger partial charge in [-0.25, -0.2) is 0 Å². The van der Waals surface area contributed by atoms with Gasteiger partial charge in [-0.05, 0) is 48.9 Å². The van der Waals surface area contributed by atoms with Crippen molar-refractivity contribution < 1.29 is 4.79 Å². The second-order valence-electron chi connectivity index (χ2n) is 6.75. The molecule has 24 heavy (non-hydrogen) atoms. The van der Waals surface area contributed by atoms with E-state index in [0.29, 0.717) is 11.6 Å². The summed E-state index contributed by atoms with van der Waals surface area (Å²) in [7, 11) is 0. The van der Waals surface area contributed by atoms with Crippen molar-refractivity contribution in [1.29, 1.82) is 0 Å². The zero-order valence-electron chi connectivity index (χ0n) is 14.7. The molecule has 1 aromatic carbocycles. The predicted octanol–water partition coefficient (Wildman–Crippen LogP) is 4.49. The molecule has 0 atom stereocenters. The lowest BCUT2D eigenvalue weighted by molar-refractivity contribution is 0.0787. The number of hydrogen-bond donors (Lipinski definition) is 1. The molecule has 3 rings (SSSR count). The van der Waals surface area contributed by atoms with Crippen molar-refractivity contribution in [3.63, 3.8) is 0 Å². The number of para-hydroxylation sites is 1. The highest BCUT2D eigenvalue weighted by Gasteiger charge is 2.20. The Balaban J connectivity index is 1.87. The number of nitrogens with one attached hydrogen (secondary N) is 1. The summed E-state index contributed by atoms with van der Waals surface area (Å²) in [4.78, 5) is 18.7.